The Bertz CT molecular complexity index is 562. The third-order valence-corrected chi connectivity index (χ3v) is 5.36. The van der Waals surface area contributed by atoms with Crippen LogP contribution in [0.5, 0.6) is 0 Å². The molecular weight excluding hydrogens is 280 g/mol. The monoisotopic (exact) mass is 302 g/mol. The third-order valence-electron chi connectivity index (χ3n) is 4.97. The van der Waals surface area contributed by atoms with Gasteiger partial charge in [-0.3, -0.25) is 4.79 Å². The average Bonchev–Trinajstić information content (AvgIpc) is 2.75. The molecule has 1 aliphatic carbocycles. The van der Waals surface area contributed by atoms with Crippen LogP contribution in [0.25, 0.3) is 0 Å². The van der Waals surface area contributed by atoms with Gasteiger partial charge in [0.25, 0.3) is 0 Å². The van der Waals surface area contributed by atoms with Gasteiger partial charge in [-0.05, 0) is 30.9 Å². The zero-order valence-electron chi connectivity index (χ0n) is 12.3. The van der Waals surface area contributed by atoms with E-state index in [0.29, 0.717) is 4.99 Å². The van der Waals surface area contributed by atoms with Gasteiger partial charge < -0.3 is 10.6 Å². The van der Waals surface area contributed by atoms with Crippen molar-refractivity contribution in [3.63, 3.8) is 0 Å². The summed E-state index contributed by atoms with van der Waals surface area (Å²) in [7, 11) is 0. The second-order valence-electron chi connectivity index (χ2n) is 6.20. The van der Waals surface area contributed by atoms with E-state index in [1.807, 2.05) is 23.1 Å². The highest BCUT2D eigenvalue weighted by molar-refractivity contribution is 7.80. The lowest BCUT2D eigenvalue weighted by atomic mass is 9.78. The second kappa shape index (κ2) is 5.76. The van der Waals surface area contributed by atoms with Gasteiger partial charge in [-0.25, -0.2) is 0 Å². The van der Waals surface area contributed by atoms with Gasteiger partial charge in [0.1, 0.15) is 0 Å². The number of rotatable bonds is 2. The summed E-state index contributed by atoms with van der Waals surface area (Å²) >= 11 is 5.33. The molecule has 112 valence electrons. The Hall–Kier alpha value is -1.42. The Morgan fingerprint density at radius 1 is 1.14 bits per heavy atom. The Balaban J connectivity index is 1.94. The molecule has 2 N–H and O–H groups in total. The van der Waals surface area contributed by atoms with Crippen molar-refractivity contribution in [2.24, 2.45) is 11.1 Å². The highest BCUT2D eigenvalue weighted by Gasteiger charge is 2.45. The van der Waals surface area contributed by atoms with Crippen molar-refractivity contribution in [3.8, 4) is 0 Å². The minimum Gasteiger partial charge on any atom is -0.392 e. The van der Waals surface area contributed by atoms with E-state index in [1.54, 1.807) is 0 Å². The predicted molar refractivity (Wildman–Crippen MR) is 89.4 cm³/mol. The van der Waals surface area contributed by atoms with Crippen LogP contribution in [0.2, 0.25) is 0 Å². The summed E-state index contributed by atoms with van der Waals surface area (Å²) in [5, 5.41) is 0. The van der Waals surface area contributed by atoms with Gasteiger partial charge in [0, 0.05) is 12.2 Å². The first-order chi connectivity index (χ1) is 10.1. The van der Waals surface area contributed by atoms with Gasteiger partial charge in [0.2, 0.25) is 5.91 Å². The van der Waals surface area contributed by atoms with E-state index in [-0.39, 0.29) is 5.91 Å². The molecule has 1 fully saturated rings. The molecule has 0 radical (unpaired) electrons. The average molecular weight is 302 g/mol. The molecule has 0 saturated heterocycles. The number of carbonyl (C=O) groups is 1. The van der Waals surface area contributed by atoms with Gasteiger partial charge in [-0.15, -0.1) is 0 Å². The maximum Gasteiger partial charge on any atom is 0.240 e. The third kappa shape index (κ3) is 2.46. The Kier molecular flexibility index (Phi) is 3.98. The smallest absolute Gasteiger partial charge is 0.240 e. The zero-order chi connectivity index (χ0) is 14.9. The molecule has 1 amide bonds. The summed E-state index contributed by atoms with van der Waals surface area (Å²) in [6.45, 7) is 0.753. The van der Waals surface area contributed by atoms with Gasteiger partial charge in [0.15, 0.2) is 0 Å². The van der Waals surface area contributed by atoms with E-state index >= 15 is 0 Å². The molecule has 0 aromatic heterocycles. The Labute approximate surface area is 131 Å². The van der Waals surface area contributed by atoms with Crippen molar-refractivity contribution in [1.29, 1.82) is 0 Å². The van der Waals surface area contributed by atoms with Crippen LogP contribution < -0.4 is 10.6 Å². The van der Waals surface area contributed by atoms with Crippen LogP contribution >= 0.6 is 12.2 Å². The fraction of sp³-hybridized carbons (Fsp3) is 0.529. The molecule has 0 spiro atoms. The number of para-hydroxylation sites is 1. The van der Waals surface area contributed by atoms with E-state index in [0.717, 1.165) is 44.3 Å². The van der Waals surface area contributed by atoms with Crippen LogP contribution in [0.3, 0.4) is 0 Å². The number of fused-ring (bicyclic) bond motifs is 1. The van der Waals surface area contributed by atoms with E-state index in [1.165, 1.54) is 18.4 Å². The summed E-state index contributed by atoms with van der Waals surface area (Å²) in [5.41, 5.74) is 7.71. The quantitative estimate of drug-likeness (QED) is 0.674. The fourth-order valence-electron chi connectivity index (χ4n) is 3.71. The number of hydrogen-bond donors (Lipinski definition) is 1. The van der Waals surface area contributed by atoms with Crippen LogP contribution in [0.4, 0.5) is 5.69 Å². The number of hydrogen-bond acceptors (Lipinski definition) is 2. The van der Waals surface area contributed by atoms with E-state index in [4.69, 9.17) is 18.0 Å². The standard InChI is InChI=1S/C17H22N2OS/c18-15(21)17(10-5-1-2-6-11-17)16(20)19-12-9-13-7-3-4-8-14(13)19/h3-4,7-8H,1-2,5-6,9-12H2,(H2,18,21). The normalized spacial score (nSPS) is 20.7. The molecule has 2 aliphatic rings. The van der Waals surface area contributed by atoms with Crippen molar-refractivity contribution < 1.29 is 4.79 Å². The number of nitrogens with two attached hydrogens (primary N) is 1. The number of benzene rings is 1. The van der Waals surface area contributed by atoms with E-state index in [2.05, 4.69) is 6.07 Å². The van der Waals surface area contributed by atoms with Crippen LogP contribution in [-0.2, 0) is 11.2 Å². The maximum absolute atomic E-state index is 13.2. The van der Waals surface area contributed by atoms with Crippen LogP contribution in [0, 0.1) is 5.41 Å². The van der Waals surface area contributed by atoms with Crippen molar-refractivity contribution in [2.75, 3.05) is 11.4 Å². The number of carbonyl (C=O) groups excluding carboxylic acids is 1. The molecule has 1 heterocycles. The molecule has 0 atom stereocenters. The molecule has 1 saturated carbocycles. The maximum atomic E-state index is 13.2. The van der Waals surface area contributed by atoms with Crippen LogP contribution in [0.1, 0.15) is 44.1 Å². The molecule has 1 aromatic rings. The number of anilines is 1. The van der Waals surface area contributed by atoms with Gasteiger partial charge >= 0.3 is 0 Å². The van der Waals surface area contributed by atoms with Crippen molar-refractivity contribution in [2.45, 2.75) is 44.9 Å². The van der Waals surface area contributed by atoms with Crippen molar-refractivity contribution in [1.82, 2.24) is 0 Å². The second-order valence-corrected chi connectivity index (χ2v) is 6.64. The Morgan fingerprint density at radius 3 is 2.48 bits per heavy atom. The lowest BCUT2D eigenvalue weighted by Crippen LogP contribution is -2.50. The van der Waals surface area contributed by atoms with Crippen LogP contribution in [-0.4, -0.2) is 17.4 Å². The minimum atomic E-state index is -0.622. The summed E-state index contributed by atoms with van der Waals surface area (Å²) in [4.78, 5) is 15.5. The lowest BCUT2D eigenvalue weighted by molar-refractivity contribution is -0.125. The topological polar surface area (TPSA) is 46.3 Å². The largest absolute Gasteiger partial charge is 0.392 e. The molecule has 3 nitrogen and oxygen atoms in total. The molecular formula is C17H22N2OS. The van der Waals surface area contributed by atoms with Crippen LogP contribution in [0.15, 0.2) is 24.3 Å². The van der Waals surface area contributed by atoms with E-state index in [9.17, 15) is 4.79 Å². The fourth-order valence-corrected chi connectivity index (χ4v) is 4.00. The van der Waals surface area contributed by atoms with Gasteiger partial charge in [-0.1, -0.05) is 56.1 Å². The first-order valence-electron chi connectivity index (χ1n) is 7.85. The highest BCUT2D eigenvalue weighted by atomic mass is 32.1. The predicted octanol–water partition coefficient (Wildman–Crippen LogP) is 3.20. The van der Waals surface area contributed by atoms with Gasteiger partial charge in [0.05, 0.1) is 10.4 Å². The summed E-state index contributed by atoms with van der Waals surface area (Å²) in [6.07, 6.45) is 6.97. The highest BCUT2D eigenvalue weighted by Crippen LogP contribution is 2.40. The molecule has 3 rings (SSSR count). The molecule has 4 heteroatoms. The summed E-state index contributed by atoms with van der Waals surface area (Å²) < 4.78 is 0. The minimum absolute atomic E-state index is 0.127. The molecule has 0 bridgehead atoms. The summed E-state index contributed by atoms with van der Waals surface area (Å²) in [6, 6.07) is 8.15. The lowest BCUT2D eigenvalue weighted by Gasteiger charge is -2.34. The summed E-state index contributed by atoms with van der Waals surface area (Å²) in [5.74, 6) is 0.127. The molecule has 0 unspecified atom stereocenters. The van der Waals surface area contributed by atoms with Crippen molar-refractivity contribution >= 4 is 28.8 Å². The molecule has 1 aromatic carbocycles. The molecule has 1 aliphatic heterocycles. The molecule has 21 heavy (non-hydrogen) atoms. The first kappa shape index (κ1) is 14.5. The van der Waals surface area contributed by atoms with E-state index < -0.39 is 5.41 Å². The number of amides is 1. The number of thiocarbonyl (C=S) groups is 1. The number of nitrogens with zero attached hydrogens (tertiary/aromatic N) is 1. The zero-order valence-corrected chi connectivity index (χ0v) is 13.1. The van der Waals surface area contributed by atoms with Gasteiger partial charge in [-0.2, -0.15) is 0 Å². The Morgan fingerprint density at radius 2 is 1.81 bits per heavy atom. The van der Waals surface area contributed by atoms with Crippen molar-refractivity contribution in [3.05, 3.63) is 29.8 Å². The first-order valence-corrected chi connectivity index (χ1v) is 8.26. The SMILES string of the molecule is NC(=S)C1(C(=O)N2CCc3ccccc32)CCCCCC1.